The summed E-state index contributed by atoms with van der Waals surface area (Å²) in [5.74, 6) is 0.0862. The number of hydrogen-bond donors (Lipinski definition) is 1. The predicted molar refractivity (Wildman–Crippen MR) is 131 cm³/mol. The van der Waals surface area contributed by atoms with Crippen LogP contribution in [0.3, 0.4) is 0 Å². The number of halogens is 2. The lowest BCUT2D eigenvalue weighted by Crippen LogP contribution is -2.27. The molecule has 164 valence electrons. The van der Waals surface area contributed by atoms with Crippen molar-refractivity contribution in [3.63, 3.8) is 0 Å². The van der Waals surface area contributed by atoms with Gasteiger partial charge in [0.25, 0.3) is 5.91 Å². The van der Waals surface area contributed by atoms with Crippen LogP contribution in [-0.4, -0.2) is 17.0 Å². The molecule has 0 aliphatic rings. The summed E-state index contributed by atoms with van der Waals surface area (Å²) in [5, 5.41) is 4.56. The molecule has 0 saturated heterocycles. The summed E-state index contributed by atoms with van der Waals surface area (Å²) in [4.78, 5) is 13.6. The third-order valence-electron chi connectivity index (χ3n) is 5.31. The molecule has 0 atom stereocenters. The summed E-state index contributed by atoms with van der Waals surface area (Å²) in [6.07, 6.45) is 2.06. The highest BCUT2D eigenvalue weighted by molar-refractivity contribution is 7.98. The molecule has 0 aliphatic heterocycles. The van der Waals surface area contributed by atoms with Gasteiger partial charge in [-0.2, -0.15) is 0 Å². The molecule has 0 spiro atoms. The molecule has 6 heteroatoms. The Morgan fingerprint density at radius 3 is 2.56 bits per heavy atom. The van der Waals surface area contributed by atoms with Gasteiger partial charge in [-0.05, 0) is 44.2 Å². The van der Waals surface area contributed by atoms with Gasteiger partial charge in [0.15, 0.2) is 0 Å². The molecule has 0 bridgehead atoms. The minimum Gasteiger partial charge on any atom is -0.350 e. The number of fused-ring (bicyclic) bond motifs is 1. The summed E-state index contributed by atoms with van der Waals surface area (Å²) in [6.45, 7) is 5.12. The SMILES string of the molecule is Cc1cc(C)cc(C(=O)NCCn2cc(SCc3c(F)cccc3Cl)c3ccccc32)c1. The van der Waals surface area contributed by atoms with Crippen molar-refractivity contribution >= 4 is 40.2 Å². The highest BCUT2D eigenvalue weighted by atomic mass is 35.5. The fourth-order valence-corrected chi connectivity index (χ4v) is 5.26. The summed E-state index contributed by atoms with van der Waals surface area (Å²) >= 11 is 7.75. The zero-order chi connectivity index (χ0) is 22.7. The summed E-state index contributed by atoms with van der Waals surface area (Å²) < 4.78 is 16.3. The van der Waals surface area contributed by atoms with Crippen LogP contribution in [0.4, 0.5) is 4.39 Å². The monoisotopic (exact) mass is 466 g/mol. The fourth-order valence-electron chi connectivity index (χ4n) is 3.83. The zero-order valence-electron chi connectivity index (χ0n) is 18.0. The van der Waals surface area contributed by atoms with Gasteiger partial charge in [0.1, 0.15) is 5.82 Å². The van der Waals surface area contributed by atoms with Crippen LogP contribution in [0.25, 0.3) is 10.9 Å². The van der Waals surface area contributed by atoms with E-state index in [1.807, 2.05) is 38.1 Å². The van der Waals surface area contributed by atoms with Crippen LogP contribution in [0.5, 0.6) is 0 Å². The first-order valence-corrected chi connectivity index (χ1v) is 11.8. The molecular weight excluding hydrogens is 443 g/mol. The molecule has 0 fully saturated rings. The van der Waals surface area contributed by atoms with Crippen molar-refractivity contribution in [3.05, 3.63) is 100.0 Å². The van der Waals surface area contributed by atoms with Crippen LogP contribution < -0.4 is 5.32 Å². The molecule has 3 aromatic carbocycles. The number of benzene rings is 3. The Hall–Kier alpha value is -2.76. The molecule has 0 radical (unpaired) electrons. The van der Waals surface area contributed by atoms with Gasteiger partial charge in [-0.15, -0.1) is 11.8 Å². The van der Waals surface area contributed by atoms with Crippen LogP contribution >= 0.6 is 23.4 Å². The minimum atomic E-state index is -0.289. The molecule has 4 rings (SSSR count). The maximum Gasteiger partial charge on any atom is 0.251 e. The number of aromatic nitrogens is 1. The number of rotatable bonds is 7. The molecule has 0 aliphatic carbocycles. The van der Waals surface area contributed by atoms with Gasteiger partial charge in [0, 0.05) is 57.0 Å². The Morgan fingerprint density at radius 1 is 1.06 bits per heavy atom. The van der Waals surface area contributed by atoms with Crippen LogP contribution in [0.15, 0.2) is 71.8 Å². The molecule has 32 heavy (non-hydrogen) atoms. The van der Waals surface area contributed by atoms with Gasteiger partial charge >= 0.3 is 0 Å². The largest absolute Gasteiger partial charge is 0.350 e. The smallest absolute Gasteiger partial charge is 0.251 e. The molecule has 0 saturated carbocycles. The molecule has 0 unspecified atom stereocenters. The van der Waals surface area contributed by atoms with E-state index in [-0.39, 0.29) is 11.7 Å². The van der Waals surface area contributed by atoms with Crippen molar-refractivity contribution in [3.8, 4) is 0 Å². The fraction of sp³-hybridized carbons (Fsp3) is 0.192. The average Bonchev–Trinajstić information content (AvgIpc) is 3.10. The first kappa shape index (κ1) is 22.4. The van der Waals surface area contributed by atoms with Gasteiger partial charge in [-0.3, -0.25) is 4.79 Å². The quantitative estimate of drug-likeness (QED) is 0.305. The Labute approximate surface area is 196 Å². The number of carbonyl (C=O) groups is 1. The molecule has 1 N–H and O–H groups in total. The van der Waals surface area contributed by atoms with E-state index < -0.39 is 0 Å². The van der Waals surface area contributed by atoms with E-state index in [2.05, 4.69) is 34.3 Å². The number of nitrogens with zero attached hydrogens (tertiary/aromatic N) is 1. The maximum absolute atomic E-state index is 14.2. The Balaban J connectivity index is 1.47. The normalized spacial score (nSPS) is 11.1. The topological polar surface area (TPSA) is 34.0 Å². The summed E-state index contributed by atoms with van der Waals surface area (Å²) in [7, 11) is 0. The molecule has 3 nitrogen and oxygen atoms in total. The number of nitrogens with one attached hydrogen (secondary N) is 1. The lowest BCUT2D eigenvalue weighted by Gasteiger charge is -2.09. The third kappa shape index (κ3) is 5.00. The van der Waals surface area contributed by atoms with Gasteiger partial charge in [-0.25, -0.2) is 4.39 Å². The lowest BCUT2D eigenvalue weighted by atomic mass is 10.1. The van der Waals surface area contributed by atoms with E-state index in [9.17, 15) is 9.18 Å². The van der Waals surface area contributed by atoms with E-state index in [4.69, 9.17) is 11.6 Å². The van der Waals surface area contributed by atoms with Crippen molar-refractivity contribution in [1.82, 2.24) is 9.88 Å². The average molecular weight is 467 g/mol. The van der Waals surface area contributed by atoms with Crippen molar-refractivity contribution in [2.24, 2.45) is 0 Å². The van der Waals surface area contributed by atoms with E-state index in [1.54, 1.807) is 23.9 Å². The molecular formula is C26H24ClFN2OS. The number of carbonyl (C=O) groups excluding carboxylic acids is 1. The second kappa shape index (κ2) is 9.80. The van der Waals surface area contributed by atoms with E-state index >= 15 is 0 Å². The standard InChI is InChI=1S/C26H24ClFN2OS/c1-17-12-18(2)14-19(13-17)26(31)29-10-11-30-15-25(20-6-3-4-9-24(20)30)32-16-21-22(27)7-5-8-23(21)28/h3-9,12-15H,10-11,16H2,1-2H3,(H,29,31). The van der Waals surface area contributed by atoms with Crippen molar-refractivity contribution < 1.29 is 9.18 Å². The van der Waals surface area contributed by atoms with Gasteiger partial charge in [-0.1, -0.05) is 53.1 Å². The second-order valence-corrected chi connectivity index (χ2v) is 9.25. The first-order chi connectivity index (χ1) is 15.4. The highest BCUT2D eigenvalue weighted by Crippen LogP contribution is 2.34. The maximum atomic E-state index is 14.2. The first-order valence-electron chi connectivity index (χ1n) is 10.4. The van der Waals surface area contributed by atoms with Crippen LogP contribution in [0.2, 0.25) is 5.02 Å². The van der Waals surface area contributed by atoms with Crippen molar-refractivity contribution in [2.75, 3.05) is 6.54 Å². The van der Waals surface area contributed by atoms with Crippen LogP contribution in [0, 0.1) is 19.7 Å². The molecule has 4 aromatic rings. The van der Waals surface area contributed by atoms with Crippen LogP contribution in [0.1, 0.15) is 27.0 Å². The number of hydrogen-bond acceptors (Lipinski definition) is 2. The van der Waals surface area contributed by atoms with E-state index in [0.29, 0.717) is 35.0 Å². The van der Waals surface area contributed by atoms with Crippen LogP contribution in [-0.2, 0) is 12.3 Å². The minimum absolute atomic E-state index is 0.0722. The lowest BCUT2D eigenvalue weighted by molar-refractivity contribution is 0.0952. The number of para-hydroxylation sites is 1. The molecule has 1 amide bonds. The van der Waals surface area contributed by atoms with Gasteiger partial charge < -0.3 is 9.88 Å². The highest BCUT2D eigenvalue weighted by Gasteiger charge is 2.13. The third-order valence-corrected chi connectivity index (χ3v) is 6.73. The summed E-state index contributed by atoms with van der Waals surface area (Å²) in [5.41, 5.74) is 4.41. The Kier molecular flexibility index (Phi) is 6.87. The summed E-state index contributed by atoms with van der Waals surface area (Å²) in [6, 6.07) is 18.7. The molecule has 1 heterocycles. The number of thioether (sulfide) groups is 1. The van der Waals surface area contributed by atoms with Gasteiger partial charge in [0.2, 0.25) is 0 Å². The number of amides is 1. The van der Waals surface area contributed by atoms with Crippen molar-refractivity contribution in [1.29, 1.82) is 0 Å². The van der Waals surface area contributed by atoms with Crippen molar-refractivity contribution in [2.45, 2.75) is 31.0 Å². The van der Waals surface area contributed by atoms with E-state index in [0.717, 1.165) is 26.9 Å². The van der Waals surface area contributed by atoms with Gasteiger partial charge in [0.05, 0.1) is 0 Å². The number of aryl methyl sites for hydroxylation is 2. The zero-order valence-corrected chi connectivity index (χ0v) is 19.6. The predicted octanol–water partition coefficient (Wildman–Crippen LogP) is 6.77. The Bertz CT molecular complexity index is 1240. The Morgan fingerprint density at radius 2 is 1.81 bits per heavy atom. The van der Waals surface area contributed by atoms with E-state index in [1.165, 1.54) is 6.07 Å². The second-order valence-electron chi connectivity index (χ2n) is 7.83. The molecule has 1 aromatic heterocycles.